The first-order valence-electron chi connectivity index (χ1n) is 10.8. The Morgan fingerprint density at radius 2 is 2.00 bits per heavy atom. The molecule has 1 aliphatic heterocycles. The number of pyridine rings is 1. The maximum Gasteiger partial charge on any atom is 0.253 e. The van der Waals surface area contributed by atoms with Crippen molar-refractivity contribution < 1.29 is 18.9 Å². The van der Waals surface area contributed by atoms with Gasteiger partial charge in [0.1, 0.15) is 5.75 Å². The smallest absolute Gasteiger partial charge is 0.253 e. The Kier molecular flexibility index (Phi) is 7.31. The lowest BCUT2D eigenvalue weighted by Gasteiger charge is -2.26. The van der Waals surface area contributed by atoms with Crippen molar-refractivity contribution in [3.63, 3.8) is 0 Å². The molecule has 33 heavy (non-hydrogen) atoms. The minimum atomic E-state index is -0.151. The fourth-order valence-corrected chi connectivity index (χ4v) is 3.87. The van der Waals surface area contributed by atoms with Crippen molar-refractivity contribution >= 4 is 28.2 Å². The number of benzene rings is 2. The first-order valence-corrected chi connectivity index (χ1v) is 11.2. The summed E-state index contributed by atoms with van der Waals surface area (Å²) in [6.45, 7) is 4.65. The van der Waals surface area contributed by atoms with E-state index in [4.69, 9.17) is 31.2 Å². The molecule has 0 atom stereocenters. The van der Waals surface area contributed by atoms with Gasteiger partial charge in [-0.15, -0.1) is 0 Å². The van der Waals surface area contributed by atoms with Crippen LogP contribution in [-0.4, -0.2) is 48.7 Å². The highest BCUT2D eigenvalue weighted by Gasteiger charge is 2.17. The SMILES string of the molecule is CCOc1ccc2[nH]c(=O)c(CN(Cc3ccc4c(c3)OCO4)C(=S)NCCOC)cc2c1. The van der Waals surface area contributed by atoms with E-state index in [2.05, 4.69) is 10.3 Å². The molecule has 0 saturated heterocycles. The zero-order valence-corrected chi connectivity index (χ0v) is 19.5. The Hall–Kier alpha value is -3.30. The van der Waals surface area contributed by atoms with Crippen LogP contribution in [0.5, 0.6) is 17.2 Å². The van der Waals surface area contributed by atoms with Crippen molar-refractivity contribution in [1.29, 1.82) is 0 Å². The number of rotatable bonds is 9. The zero-order valence-electron chi connectivity index (χ0n) is 18.7. The van der Waals surface area contributed by atoms with Crippen LogP contribution < -0.4 is 25.1 Å². The normalized spacial score (nSPS) is 12.1. The van der Waals surface area contributed by atoms with Gasteiger partial charge in [-0.3, -0.25) is 4.79 Å². The summed E-state index contributed by atoms with van der Waals surface area (Å²) in [5.74, 6) is 2.19. The van der Waals surface area contributed by atoms with Crippen molar-refractivity contribution in [3.8, 4) is 17.2 Å². The zero-order chi connectivity index (χ0) is 23.2. The number of nitrogens with one attached hydrogen (secondary N) is 2. The van der Waals surface area contributed by atoms with E-state index < -0.39 is 0 Å². The topological polar surface area (TPSA) is 85.1 Å². The third-order valence-electron chi connectivity index (χ3n) is 5.24. The molecule has 4 rings (SSSR count). The summed E-state index contributed by atoms with van der Waals surface area (Å²) in [5, 5.41) is 4.64. The predicted octanol–water partition coefficient (Wildman–Crippen LogP) is 3.18. The van der Waals surface area contributed by atoms with Gasteiger partial charge in [-0.2, -0.15) is 0 Å². The highest BCUT2D eigenvalue weighted by Crippen LogP contribution is 2.33. The van der Waals surface area contributed by atoms with E-state index in [1.165, 1.54) is 0 Å². The summed E-state index contributed by atoms with van der Waals surface area (Å²) in [6.07, 6.45) is 0. The Morgan fingerprint density at radius 3 is 2.82 bits per heavy atom. The maximum absolute atomic E-state index is 12.8. The summed E-state index contributed by atoms with van der Waals surface area (Å²) in [5.41, 5.74) is 2.20. The molecule has 0 bridgehead atoms. The number of ether oxygens (including phenoxy) is 4. The van der Waals surface area contributed by atoms with Crippen LogP contribution in [-0.2, 0) is 17.8 Å². The van der Waals surface area contributed by atoms with E-state index in [0.717, 1.165) is 28.0 Å². The minimum Gasteiger partial charge on any atom is -0.494 e. The Morgan fingerprint density at radius 1 is 1.15 bits per heavy atom. The molecule has 8 nitrogen and oxygen atoms in total. The summed E-state index contributed by atoms with van der Waals surface area (Å²) < 4.78 is 21.6. The molecule has 1 aliphatic rings. The highest BCUT2D eigenvalue weighted by atomic mass is 32.1. The lowest BCUT2D eigenvalue weighted by Crippen LogP contribution is -2.41. The number of hydrogen-bond donors (Lipinski definition) is 2. The van der Waals surface area contributed by atoms with Crippen molar-refractivity contribution in [2.75, 3.05) is 33.7 Å². The molecule has 3 aromatic rings. The molecule has 2 heterocycles. The molecule has 0 saturated carbocycles. The van der Waals surface area contributed by atoms with Gasteiger partial charge in [0.05, 0.1) is 19.8 Å². The molecule has 1 aromatic heterocycles. The van der Waals surface area contributed by atoms with Gasteiger partial charge in [-0.05, 0) is 61.1 Å². The van der Waals surface area contributed by atoms with Gasteiger partial charge in [-0.25, -0.2) is 0 Å². The van der Waals surface area contributed by atoms with Crippen LogP contribution in [0, 0.1) is 0 Å². The summed E-state index contributed by atoms with van der Waals surface area (Å²) >= 11 is 5.65. The molecule has 0 spiro atoms. The maximum atomic E-state index is 12.8. The molecule has 9 heteroatoms. The second-order valence-electron chi connectivity index (χ2n) is 7.57. The third kappa shape index (κ3) is 5.55. The van der Waals surface area contributed by atoms with Crippen LogP contribution in [0.15, 0.2) is 47.3 Å². The fourth-order valence-electron chi connectivity index (χ4n) is 3.64. The number of methoxy groups -OCH3 is 1. The summed E-state index contributed by atoms with van der Waals surface area (Å²) in [6, 6.07) is 13.3. The van der Waals surface area contributed by atoms with Crippen LogP contribution in [0.3, 0.4) is 0 Å². The molecule has 0 unspecified atom stereocenters. The Labute approximate surface area is 197 Å². The predicted molar refractivity (Wildman–Crippen MR) is 130 cm³/mol. The largest absolute Gasteiger partial charge is 0.494 e. The average molecular weight is 470 g/mol. The Balaban J connectivity index is 1.60. The van der Waals surface area contributed by atoms with Crippen LogP contribution in [0.1, 0.15) is 18.1 Å². The number of H-pyrrole nitrogens is 1. The number of aromatic nitrogens is 1. The number of hydrogen-bond acceptors (Lipinski definition) is 6. The van der Waals surface area contributed by atoms with Gasteiger partial charge in [-0.1, -0.05) is 6.07 Å². The van der Waals surface area contributed by atoms with Gasteiger partial charge in [0, 0.05) is 36.7 Å². The van der Waals surface area contributed by atoms with Gasteiger partial charge in [0.15, 0.2) is 16.6 Å². The summed E-state index contributed by atoms with van der Waals surface area (Å²) in [7, 11) is 1.64. The van der Waals surface area contributed by atoms with Gasteiger partial charge < -0.3 is 34.1 Å². The van der Waals surface area contributed by atoms with Crippen molar-refractivity contribution in [2.24, 2.45) is 0 Å². The minimum absolute atomic E-state index is 0.151. The number of nitrogens with zero attached hydrogens (tertiary/aromatic N) is 1. The molecule has 2 aromatic carbocycles. The van der Waals surface area contributed by atoms with E-state index in [0.29, 0.717) is 49.3 Å². The van der Waals surface area contributed by atoms with E-state index in [1.54, 1.807) is 7.11 Å². The first-order chi connectivity index (χ1) is 16.1. The van der Waals surface area contributed by atoms with Crippen LogP contribution in [0.4, 0.5) is 0 Å². The van der Waals surface area contributed by atoms with Crippen LogP contribution in [0.2, 0.25) is 0 Å². The monoisotopic (exact) mass is 469 g/mol. The third-order valence-corrected chi connectivity index (χ3v) is 5.65. The van der Waals surface area contributed by atoms with Gasteiger partial charge in [0.2, 0.25) is 6.79 Å². The molecule has 0 fully saturated rings. The number of fused-ring (bicyclic) bond motifs is 2. The van der Waals surface area contributed by atoms with Crippen molar-refractivity contribution in [2.45, 2.75) is 20.0 Å². The van der Waals surface area contributed by atoms with E-state index in [1.807, 2.05) is 54.3 Å². The average Bonchev–Trinajstić information content (AvgIpc) is 3.27. The molecule has 0 aliphatic carbocycles. The van der Waals surface area contributed by atoms with E-state index in [-0.39, 0.29) is 12.4 Å². The molecule has 2 N–H and O–H groups in total. The van der Waals surface area contributed by atoms with Crippen molar-refractivity contribution in [1.82, 2.24) is 15.2 Å². The van der Waals surface area contributed by atoms with Gasteiger partial charge >= 0.3 is 0 Å². The Bertz CT molecular complexity index is 1200. The second-order valence-corrected chi connectivity index (χ2v) is 7.96. The standard InChI is InChI=1S/C24H27N3O5S/c1-3-30-19-5-6-20-17(12-19)11-18(23(28)26-20)14-27(24(33)25-8-9-29-2)13-16-4-7-21-22(10-16)32-15-31-21/h4-7,10-12H,3,8-9,13-15H2,1-2H3,(H,25,33)(H,26,28). The lowest BCUT2D eigenvalue weighted by molar-refractivity contribution is 0.174. The van der Waals surface area contributed by atoms with Crippen molar-refractivity contribution in [3.05, 3.63) is 63.9 Å². The highest BCUT2D eigenvalue weighted by molar-refractivity contribution is 7.80. The molecular weight excluding hydrogens is 442 g/mol. The van der Waals surface area contributed by atoms with E-state index in [9.17, 15) is 4.79 Å². The number of aromatic amines is 1. The molecule has 0 radical (unpaired) electrons. The molecule has 174 valence electrons. The van der Waals surface area contributed by atoms with Crippen LogP contribution in [0.25, 0.3) is 10.9 Å². The van der Waals surface area contributed by atoms with Crippen LogP contribution >= 0.6 is 12.2 Å². The quantitative estimate of drug-likeness (QED) is 0.365. The molecule has 0 amide bonds. The first kappa shape index (κ1) is 22.9. The lowest BCUT2D eigenvalue weighted by atomic mass is 10.1. The number of thiocarbonyl (C=S) groups is 1. The summed E-state index contributed by atoms with van der Waals surface area (Å²) in [4.78, 5) is 17.7. The fraction of sp³-hybridized carbons (Fsp3) is 0.333. The molecular formula is C24H27N3O5S. The second kappa shape index (κ2) is 10.5. The van der Waals surface area contributed by atoms with E-state index >= 15 is 0 Å². The van der Waals surface area contributed by atoms with Gasteiger partial charge in [0.25, 0.3) is 5.56 Å².